The van der Waals surface area contributed by atoms with E-state index in [1.165, 1.54) is 6.42 Å². The van der Waals surface area contributed by atoms with Crippen LogP contribution in [0.4, 0.5) is 0 Å². The quantitative estimate of drug-likeness (QED) is 0.485. The third kappa shape index (κ3) is 7.71. The van der Waals surface area contributed by atoms with Gasteiger partial charge in [0, 0.05) is 26.2 Å². The van der Waals surface area contributed by atoms with Crippen LogP contribution in [0.2, 0.25) is 0 Å². The molecule has 0 fully saturated rings. The van der Waals surface area contributed by atoms with Crippen LogP contribution in [0.25, 0.3) is 0 Å². The van der Waals surface area contributed by atoms with E-state index in [0.717, 1.165) is 32.7 Å². The summed E-state index contributed by atoms with van der Waals surface area (Å²) in [4.78, 5) is 3.00. The zero-order chi connectivity index (χ0) is 11.7. The highest BCUT2D eigenvalue weighted by molar-refractivity contribution is 7.80. The van der Waals surface area contributed by atoms with Gasteiger partial charge in [-0.3, -0.25) is 0 Å². The molecule has 0 aromatic rings. The van der Waals surface area contributed by atoms with E-state index >= 15 is 0 Å². The first kappa shape index (κ1) is 14.8. The van der Waals surface area contributed by atoms with Crippen molar-refractivity contribution in [2.45, 2.75) is 26.7 Å². The van der Waals surface area contributed by atoms with Gasteiger partial charge in [-0.2, -0.15) is 0 Å². The second-order valence-electron chi connectivity index (χ2n) is 3.90. The molecule has 15 heavy (non-hydrogen) atoms. The molecule has 0 aromatic carbocycles. The maximum absolute atomic E-state index is 5.60. The van der Waals surface area contributed by atoms with Crippen LogP contribution in [0.15, 0.2) is 0 Å². The van der Waals surface area contributed by atoms with Gasteiger partial charge in [-0.25, -0.2) is 0 Å². The molecule has 0 radical (unpaired) electrons. The molecule has 0 heterocycles. The third-order valence-corrected chi connectivity index (χ3v) is 2.94. The highest BCUT2D eigenvalue weighted by atomic mass is 32.1. The van der Waals surface area contributed by atoms with Crippen LogP contribution in [0.1, 0.15) is 26.7 Å². The number of hydrogen-bond acceptors (Lipinski definition) is 3. The van der Waals surface area contributed by atoms with Crippen molar-refractivity contribution in [1.82, 2.24) is 4.90 Å². The number of nitrogens with two attached hydrogens (primary N) is 1. The highest BCUT2D eigenvalue weighted by Gasteiger charge is 2.10. The molecule has 3 nitrogen and oxygen atoms in total. The lowest BCUT2D eigenvalue weighted by Crippen LogP contribution is -2.34. The monoisotopic (exact) mass is 232 g/mol. The van der Waals surface area contributed by atoms with Gasteiger partial charge in [-0.15, -0.1) is 0 Å². The van der Waals surface area contributed by atoms with Crippen LogP contribution in [0, 0.1) is 5.92 Å². The Morgan fingerprint density at radius 3 is 2.60 bits per heavy atom. The molecule has 0 bridgehead atoms. The summed E-state index contributed by atoms with van der Waals surface area (Å²) >= 11 is 4.97. The summed E-state index contributed by atoms with van der Waals surface area (Å²) in [6.07, 6.45) is 2.29. The molecule has 0 aliphatic carbocycles. The third-order valence-electron chi connectivity index (χ3n) is 2.54. The van der Waals surface area contributed by atoms with Crippen molar-refractivity contribution in [3.8, 4) is 0 Å². The molecule has 0 aromatic heterocycles. The van der Waals surface area contributed by atoms with E-state index in [0.29, 0.717) is 10.9 Å². The smallest absolute Gasteiger partial charge is 0.0768 e. The van der Waals surface area contributed by atoms with E-state index in [1.54, 1.807) is 7.11 Å². The average molecular weight is 232 g/mol. The second-order valence-corrected chi connectivity index (χ2v) is 4.37. The van der Waals surface area contributed by atoms with Gasteiger partial charge < -0.3 is 15.4 Å². The first-order chi connectivity index (χ1) is 7.11. The van der Waals surface area contributed by atoms with Crippen LogP contribution in [0.5, 0.6) is 0 Å². The fourth-order valence-electron chi connectivity index (χ4n) is 1.44. The van der Waals surface area contributed by atoms with Gasteiger partial charge in [0.15, 0.2) is 0 Å². The van der Waals surface area contributed by atoms with Crippen molar-refractivity contribution in [1.29, 1.82) is 0 Å². The highest BCUT2D eigenvalue weighted by Crippen LogP contribution is 2.02. The van der Waals surface area contributed by atoms with Gasteiger partial charge in [0.25, 0.3) is 0 Å². The summed E-state index contributed by atoms with van der Waals surface area (Å²) in [5, 5.41) is 0. The molecule has 1 unspecified atom stereocenters. The molecule has 0 saturated heterocycles. The van der Waals surface area contributed by atoms with Crippen molar-refractivity contribution in [2.24, 2.45) is 11.7 Å². The predicted octanol–water partition coefficient (Wildman–Crippen LogP) is 1.66. The molecule has 90 valence electrons. The maximum Gasteiger partial charge on any atom is 0.0768 e. The second kappa shape index (κ2) is 9.07. The van der Waals surface area contributed by atoms with Gasteiger partial charge in [-0.05, 0) is 25.9 Å². The molecule has 0 rings (SSSR count). The minimum atomic E-state index is 0.308. The van der Waals surface area contributed by atoms with Crippen LogP contribution >= 0.6 is 12.2 Å². The molecule has 0 saturated carbocycles. The number of thiocarbonyl (C=S) groups is 1. The SMILES string of the molecule is CCN(CCCCOC)CC(C)C(N)=S. The molecule has 4 heteroatoms. The van der Waals surface area contributed by atoms with Crippen LogP contribution in [-0.4, -0.2) is 43.2 Å². The van der Waals surface area contributed by atoms with Gasteiger partial charge in [0.05, 0.1) is 4.99 Å². The lowest BCUT2D eigenvalue weighted by molar-refractivity contribution is 0.183. The van der Waals surface area contributed by atoms with E-state index in [4.69, 9.17) is 22.7 Å². The van der Waals surface area contributed by atoms with Crippen LogP contribution in [-0.2, 0) is 4.74 Å². The predicted molar refractivity (Wildman–Crippen MR) is 69.2 cm³/mol. The number of methoxy groups -OCH3 is 1. The Bertz CT molecular complexity index is 176. The van der Waals surface area contributed by atoms with E-state index < -0.39 is 0 Å². The van der Waals surface area contributed by atoms with Crippen molar-refractivity contribution in [2.75, 3.05) is 33.4 Å². The number of rotatable bonds is 9. The van der Waals surface area contributed by atoms with E-state index in [2.05, 4.69) is 18.7 Å². The lowest BCUT2D eigenvalue weighted by atomic mass is 10.1. The van der Waals surface area contributed by atoms with Gasteiger partial charge in [-0.1, -0.05) is 26.1 Å². The fourth-order valence-corrected chi connectivity index (χ4v) is 1.51. The summed E-state index contributed by atoms with van der Waals surface area (Å²) in [7, 11) is 1.74. The summed E-state index contributed by atoms with van der Waals surface area (Å²) in [5.41, 5.74) is 5.60. The largest absolute Gasteiger partial charge is 0.393 e. The average Bonchev–Trinajstić information content (AvgIpc) is 2.22. The number of ether oxygens (including phenoxy) is 1. The van der Waals surface area contributed by atoms with Crippen molar-refractivity contribution in [3.05, 3.63) is 0 Å². The van der Waals surface area contributed by atoms with E-state index in [-0.39, 0.29) is 0 Å². The van der Waals surface area contributed by atoms with Crippen molar-refractivity contribution >= 4 is 17.2 Å². The molecule has 0 spiro atoms. The van der Waals surface area contributed by atoms with E-state index in [9.17, 15) is 0 Å². The molecule has 0 aliphatic heterocycles. The Hall–Kier alpha value is -0.190. The number of hydrogen-bond donors (Lipinski definition) is 1. The van der Waals surface area contributed by atoms with Gasteiger partial charge in [0.1, 0.15) is 0 Å². The fraction of sp³-hybridized carbons (Fsp3) is 0.909. The standard InChI is InChI=1S/C11H24N2OS/c1-4-13(7-5-6-8-14-3)9-10(2)11(12)15/h10H,4-9H2,1-3H3,(H2,12,15). The molecule has 2 N–H and O–H groups in total. The Balaban J connectivity index is 3.67. The zero-order valence-electron chi connectivity index (χ0n) is 10.2. The topological polar surface area (TPSA) is 38.5 Å². The maximum atomic E-state index is 5.60. The molecule has 1 atom stereocenters. The minimum Gasteiger partial charge on any atom is -0.393 e. The summed E-state index contributed by atoms with van der Waals surface area (Å²) < 4.78 is 5.02. The Morgan fingerprint density at radius 2 is 2.13 bits per heavy atom. The van der Waals surface area contributed by atoms with Gasteiger partial charge >= 0.3 is 0 Å². The summed E-state index contributed by atoms with van der Waals surface area (Å²) in [6, 6.07) is 0. The normalized spacial score (nSPS) is 13.1. The molecule has 0 aliphatic rings. The van der Waals surface area contributed by atoms with Crippen LogP contribution < -0.4 is 5.73 Å². The molecular weight excluding hydrogens is 208 g/mol. The first-order valence-corrected chi connectivity index (χ1v) is 6.03. The zero-order valence-corrected chi connectivity index (χ0v) is 11.0. The van der Waals surface area contributed by atoms with Crippen LogP contribution in [0.3, 0.4) is 0 Å². The Kier molecular flexibility index (Phi) is 8.95. The molecule has 0 amide bonds. The summed E-state index contributed by atoms with van der Waals surface area (Å²) in [5.74, 6) is 0.308. The Morgan fingerprint density at radius 1 is 1.47 bits per heavy atom. The first-order valence-electron chi connectivity index (χ1n) is 5.62. The lowest BCUT2D eigenvalue weighted by Gasteiger charge is -2.23. The van der Waals surface area contributed by atoms with Crippen molar-refractivity contribution in [3.63, 3.8) is 0 Å². The Labute approximate surface area is 99.0 Å². The van der Waals surface area contributed by atoms with Gasteiger partial charge in [0.2, 0.25) is 0 Å². The van der Waals surface area contributed by atoms with Crippen molar-refractivity contribution < 1.29 is 4.74 Å². The summed E-state index contributed by atoms with van der Waals surface area (Å²) in [6.45, 7) is 8.23. The minimum absolute atomic E-state index is 0.308. The molecular formula is C11H24N2OS. The number of nitrogens with zero attached hydrogens (tertiary/aromatic N) is 1. The van der Waals surface area contributed by atoms with E-state index in [1.807, 2.05) is 0 Å². The number of unbranched alkanes of at least 4 members (excludes halogenated alkanes) is 1.